The van der Waals surface area contributed by atoms with Crippen LogP contribution in [0.15, 0.2) is 36.4 Å². The van der Waals surface area contributed by atoms with Gasteiger partial charge >= 0.3 is 6.09 Å². The summed E-state index contributed by atoms with van der Waals surface area (Å²) in [7, 11) is 0. The summed E-state index contributed by atoms with van der Waals surface area (Å²) in [5.41, 5.74) is 2.00. The molecule has 1 amide bonds. The maximum absolute atomic E-state index is 13.8. The van der Waals surface area contributed by atoms with E-state index in [0.717, 1.165) is 12.8 Å². The fourth-order valence-electron chi connectivity index (χ4n) is 4.33. The van der Waals surface area contributed by atoms with Crippen LogP contribution in [0.3, 0.4) is 0 Å². The Morgan fingerprint density at radius 2 is 1.89 bits per heavy atom. The van der Waals surface area contributed by atoms with Gasteiger partial charge in [-0.25, -0.2) is 13.6 Å². The summed E-state index contributed by atoms with van der Waals surface area (Å²) in [6, 6.07) is 9.72. The highest BCUT2D eigenvalue weighted by molar-refractivity contribution is 5.91. The van der Waals surface area contributed by atoms with E-state index in [2.05, 4.69) is 10.6 Å². The fraction of sp³-hybridized carbons (Fsp3) is 0.409. The van der Waals surface area contributed by atoms with E-state index in [1.54, 1.807) is 19.1 Å². The van der Waals surface area contributed by atoms with Gasteiger partial charge in [0.1, 0.15) is 11.6 Å². The molecule has 0 spiro atoms. The van der Waals surface area contributed by atoms with E-state index in [0.29, 0.717) is 47.0 Å². The number of carbonyl (C=O) groups is 1. The predicted octanol–water partition coefficient (Wildman–Crippen LogP) is 5.02. The van der Waals surface area contributed by atoms with Crippen LogP contribution < -0.4 is 10.6 Å². The number of fused-ring (bicyclic) bond motifs is 2. The van der Waals surface area contributed by atoms with Crippen molar-refractivity contribution in [3.05, 3.63) is 53.6 Å². The van der Waals surface area contributed by atoms with Gasteiger partial charge in [0.15, 0.2) is 0 Å². The first-order chi connectivity index (χ1) is 13.5. The Bertz CT molecular complexity index is 875. The quantitative estimate of drug-likeness (QED) is 0.776. The summed E-state index contributed by atoms with van der Waals surface area (Å²) >= 11 is 0. The maximum atomic E-state index is 13.8. The second-order valence-corrected chi connectivity index (χ2v) is 7.85. The number of carbonyl (C=O) groups excluding carboxylic acids is 1. The van der Waals surface area contributed by atoms with Crippen molar-refractivity contribution in [1.29, 1.82) is 0 Å². The molecule has 2 heterocycles. The molecule has 2 aliphatic rings. The van der Waals surface area contributed by atoms with Crippen molar-refractivity contribution >= 4 is 11.8 Å². The van der Waals surface area contributed by atoms with Gasteiger partial charge in [-0.05, 0) is 80.0 Å². The molecule has 2 unspecified atom stereocenters. The number of anilines is 1. The second-order valence-electron chi connectivity index (χ2n) is 7.85. The number of ether oxygens (including phenoxy) is 1. The molecule has 28 heavy (non-hydrogen) atoms. The van der Waals surface area contributed by atoms with Crippen molar-refractivity contribution in [2.45, 2.75) is 44.7 Å². The lowest BCUT2D eigenvalue weighted by Gasteiger charge is -2.28. The molecule has 2 aromatic carbocycles. The molecule has 2 fully saturated rings. The number of benzene rings is 2. The van der Waals surface area contributed by atoms with Crippen molar-refractivity contribution in [3.8, 4) is 11.1 Å². The zero-order valence-electron chi connectivity index (χ0n) is 15.8. The summed E-state index contributed by atoms with van der Waals surface area (Å²) in [6.45, 7) is 2.03. The lowest BCUT2D eigenvalue weighted by molar-refractivity contribution is 0.122. The molecule has 2 N–H and O–H groups in total. The monoisotopic (exact) mass is 386 g/mol. The lowest BCUT2D eigenvalue weighted by Crippen LogP contribution is -2.39. The topological polar surface area (TPSA) is 50.4 Å². The molecule has 2 saturated heterocycles. The summed E-state index contributed by atoms with van der Waals surface area (Å²) in [5.74, 6) is -0.386. The van der Waals surface area contributed by atoms with E-state index >= 15 is 0 Å². The van der Waals surface area contributed by atoms with Crippen LogP contribution in [0.2, 0.25) is 0 Å². The zero-order chi connectivity index (χ0) is 19.7. The van der Waals surface area contributed by atoms with Gasteiger partial charge < -0.3 is 10.1 Å². The van der Waals surface area contributed by atoms with Crippen molar-refractivity contribution < 1.29 is 18.3 Å². The molecule has 2 aromatic rings. The first-order valence-corrected chi connectivity index (χ1v) is 9.74. The predicted molar refractivity (Wildman–Crippen MR) is 104 cm³/mol. The molecule has 0 radical (unpaired) electrons. The molecular formula is C22H24F2N2O2. The normalized spacial score (nSPS) is 23.5. The smallest absolute Gasteiger partial charge is 0.411 e. The number of aryl methyl sites for hydroxylation is 1. The Kier molecular flexibility index (Phi) is 5.31. The number of hydrogen-bond acceptors (Lipinski definition) is 3. The van der Waals surface area contributed by atoms with Crippen LogP contribution in [-0.2, 0) is 4.74 Å². The van der Waals surface area contributed by atoms with Gasteiger partial charge in [0.25, 0.3) is 0 Å². The highest BCUT2D eigenvalue weighted by Gasteiger charge is 2.33. The number of amides is 1. The van der Waals surface area contributed by atoms with Gasteiger partial charge in [-0.2, -0.15) is 0 Å². The first-order valence-electron chi connectivity index (χ1n) is 9.74. The summed E-state index contributed by atoms with van der Waals surface area (Å²) in [5, 5.41) is 6.28. The third-order valence-electron chi connectivity index (χ3n) is 5.71. The molecule has 4 nitrogen and oxygen atoms in total. The van der Waals surface area contributed by atoms with E-state index in [4.69, 9.17) is 4.74 Å². The minimum absolute atomic E-state index is 0.329. The van der Waals surface area contributed by atoms with Crippen molar-refractivity contribution in [2.24, 2.45) is 5.92 Å². The Morgan fingerprint density at radius 1 is 1.14 bits per heavy atom. The van der Waals surface area contributed by atoms with Gasteiger partial charge in [-0.3, -0.25) is 5.32 Å². The van der Waals surface area contributed by atoms with E-state index in [1.165, 1.54) is 37.1 Å². The molecule has 148 valence electrons. The Morgan fingerprint density at radius 3 is 2.61 bits per heavy atom. The molecule has 0 aliphatic carbocycles. The highest BCUT2D eigenvalue weighted by Crippen LogP contribution is 2.32. The molecule has 2 atom stereocenters. The van der Waals surface area contributed by atoms with E-state index in [9.17, 15) is 13.6 Å². The standard InChI is InChI=1S/C22H24F2N2O2/c1-13-8-15(2-6-20(13)24)19-11-16(23)3-7-21(19)26-22(27)28-12-14-9-17-4-5-18(10-14)25-17/h2-3,6-8,11,14,17-18,25H,4-5,9-10,12H2,1H3,(H,26,27). The zero-order valence-corrected chi connectivity index (χ0v) is 15.8. The third-order valence-corrected chi connectivity index (χ3v) is 5.71. The van der Waals surface area contributed by atoms with E-state index < -0.39 is 11.9 Å². The SMILES string of the molecule is Cc1cc(-c2cc(F)ccc2NC(=O)OCC2CC3CCC(C2)N3)ccc1F. The molecule has 4 rings (SSSR count). The lowest BCUT2D eigenvalue weighted by atomic mass is 9.93. The van der Waals surface area contributed by atoms with Crippen molar-refractivity contribution in [3.63, 3.8) is 0 Å². The second kappa shape index (κ2) is 7.87. The van der Waals surface area contributed by atoms with Crippen LogP contribution in [0.5, 0.6) is 0 Å². The average molecular weight is 386 g/mol. The molecule has 0 saturated carbocycles. The molecular weight excluding hydrogens is 362 g/mol. The van der Waals surface area contributed by atoms with Gasteiger partial charge in [0.05, 0.1) is 12.3 Å². The van der Waals surface area contributed by atoms with Crippen molar-refractivity contribution in [1.82, 2.24) is 5.32 Å². The van der Waals surface area contributed by atoms with Crippen LogP contribution in [0.25, 0.3) is 11.1 Å². The largest absolute Gasteiger partial charge is 0.449 e. The first kappa shape index (κ1) is 18.9. The maximum Gasteiger partial charge on any atom is 0.411 e. The highest BCUT2D eigenvalue weighted by atomic mass is 19.1. The van der Waals surface area contributed by atoms with Gasteiger partial charge in [0.2, 0.25) is 0 Å². The number of piperidine rings is 1. The van der Waals surface area contributed by atoms with Crippen LogP contribution in [0.4, 0.5) is 19.3 Å². The van der Waals surface area contributed by atoms with Crippen LogP contribution in [-0.4, -0.2) is 24.8 Å². The van der Waals surface area contributed by atoms with Gasteiger partial charge in [-0.1, -0.05) is 6.07 Å². The molecule has 6 heteroatoms. The van der Waals surface area contributed by atoms with E-state index in [-0.39, 0.29) is 5.82 Å². The van der Waals surface area contributed by atoms with Crippen LogP contribution in [0, 0.1) is 24.5 Å². The van der Waals surface area contributed by atoms with E-state index in [1.807, 2.05) is 0 Å². The fourth-order valence-corrected chi connectivity index (χ4v) is 4.33. The summed E-state index contributed by atoms with van der Waals surface area (Å²) < 4.78 is 32.8. The molecule has 2 bridgehead atoms. The summed E-state index contributed by atoms with van der Waals surface area (Å²) in [4.78, 5) is 12.3. The van der Waals surface area contributed by atoms with Crippen LogP contribution in [0.1, 0.15) is 31.2 Å². The summed E-state index contributed by atoms with van der Waals surface area (Å²) in [6.07, 6.45) is 3.89. The van der Waals surface area contributed by atoms with Gasteiger partial charge in [-0.15, -0.1) is 0 Å². The minimum atomic E-state index is -0.558. The Hall–Kier alpha value is -2.47. The number of halogens is 2. The number of rotatable bonds is 4. The average Bonchev–Trinajstić information content (AvgIpc) is 3.02. The van der Waals surface area contributed by atoms with Crippen molar-refractivity contribution in [2.75, 3.05) is 11.9 Å². The minimum Gasteiger partial charge on any atom is -0.449 e. The Balaban J connectivity index is 1.44. The Labute approximate surface area is 163 Å². The number of nitrogens with one attached hydrogen (secondary N) is 2. The van der Waals surface area contributed by atoms with Crippen LogP contribution >= 0.6 is 0 Å². The van der Waals surface area contributed by atoms with Gasteiger partial charge in [0, 0.05) is 17.6 Å². The molecule has 0 aromatic heterocycles. The molecule has 2 aliphatic heterocycles. The number of hydrogen-bond donors (Lipinski definition) is 2. The third kappa shape index (κ3) is 4.17.